The lowest BCUT2D eigenvalue weighted by Crippen LogP contribution is -2.15. The number of unbranched alkanes of at least 4 members (excludes halogenated alkanes) is 2. The van der Waals surface area contributed by atoms with Gasteiger partial charge in [-0.25, -0.2) is 4.98 Å². The van der Waals surface area contributed by atoms with Crippen LogP contribution in [-0.4, -0.2) is 37.3 Å². The summed E-state index contributed by atoms with van der Waals surface area (Å²) in [6.07, 6.45) is 7.80. The Bertz CT molecular complexity index is 983. The molecule has 3 aromatic rings. The number of nitrogens with zero attached hydrogens (tertiary/aromatic N) is 4. The van der Waals surface area contributed by atoms with Crippen LogP contribution in [0, 0.1) is 0 Å². The molecule has 0 fully saturated rings. The second-order valence-corrected chi connectivity index (χ2v) is 8.65. The zero-order valence-corrected chi connectivity index (χ0v) is 18.6. The molecule has 3 rings (SSSR count). The highest BCUT2D eigenvalue weighted by Gasteiger charge is 2.11. The van der Waals surface area contributed by atoms with Gasteiger partial charge >= 0.3 is 0 Å². The molecule has 2 heterocycles. The van der Waals surface area contributed by atoms with E-state index in [-0.39, 0.29) is 17.6 Å². The van der Waals surface area contributed by atoms with Crippen LogP contribution in [0.3, 0.4) is 0 Å². The van der Waals surface area contributed by atoms with Crippen LogP contribution >= 0.6 is 23.1 Å². The maximum atomic E-state index is 12.4. The van der Waals surface area contributed by atoms with Crippen molar-refractivity contribution < 1.29 is 9.59 Å². The Labute approximate surface area is 183 Å². The maximum Gasteiger partial charge on any atom is 0.257 e. The fourth-order valence-corrected chi connectivity index (χ4v) is 4.13. The normalized spacial score (nSPS) is 10.7. The van der Waals surface area contributed by atoms with Crippen molar-refractivity contribution in [1.82, 2.24) is 19.7 Å². The predicted octanol–water partition coefficient (Wildman–Crippen LogP) is 3.99. The van der Waals surface area contributed by atoms with E-state index in [0.29, 0.717) is 16.4 Å². The van der Waals surface area contributed by atoms with Gasteiger partial charge in [-0.2, -0.15) is 0 Å². The maximum absolute atomic E-state index is 12.4. The minimum atomic E-state index is -0.255. The summed E-state index contributed by atoms with van der Waals surface area (Å²) in [5, 5.41) is 16.0. The first-order chi connectivity index (χ1) is 14.5. The molecule has 0 bridgehead atoms. The molecule has 0 unspecified atom stereocenters. The zero-order chi connectivity index (χ0) is 21.3. The number of hydrogen-bond donors (Lipinski definition) is 2. The lowest BCUT2D eigenvalue weighted by atomic mass is 10.2. The van der Waals surface area contributed by atoms with Crippen molar-refractivity contribution in [2.75, 3.05) is 16.4 Å². The summed E-state index contributed by atoms with van der Waals surface area (Å²) in [5.74, 6) is -0.135. The second-order valence-electron chi connectivity index (χ2n) is 6.65. The average molecular weight is 445 g/mol. The Hall–Kier alpha value is -2.72. The van der Waals surface area contributed by atoms with Gasteiger partial charge < -0.3 is 9.88 Å². The van der Waals surface area contributed by atoms with Crippen LogP contribution in [0.5, 0.6) is 0 Å². The van der Waals surface area contributed by atoms with Gasteiger partial charge in [0.1, 0.15) is 5.01 Å². The first kappa shape index (κ1) is 22.0. The third-order valence-corrected chi connectivity index (χ3v) is 6.18. The molecule has 10 heteroatoms. The number of aryl methyl sites for hydroxylation is 2. The third kappa shape index (κ3) is 6.39. The van der Waals surface area contributed by atoms with Gasteiger partial charge in [0.25, 0.3) is 5.91 Å². The standard InChI is InChI=1S/C20H24N6O2S2/c1-3-4-5-6-17-24-25-19(30-17)23-18(28)14-7-9-15(10-8-14)22-16(27)13-29-20-21-11-12-26(20)2/h7-12H,3-6,13H2,1-2H3,(H,22,27)(H,23,25,28). The summed E-state index contributed by atoms with van der Waals surface area (Å²) in [6, 6.07) is 6.74. The number of thioether (sulfide) groups is 1. The molecule has 0 radical (unpaired) electrons. The average Bonchev–Trinajstić information content (AvgIpc) is 3.35. The third-order valence-electron chi connectivity index (χ3n) is 4.22. The predicted molar refractivity (Wildman–Crippen MR) is 120 cm³/mol. The first-order valence-electron chi connectivity index (χ1n) is 9.69. The van der Waals surface area contributed by atoms with Crippen LogP contribution in [0.1, 0.15) is 41.6 Å². The largest absolute Gasteiger partial charge is 0.329 e. The van der Waals surface area contributed by atoms with E-state index in [1.807, 2.05) is 17.8 Å². The molecule has 1 aromatic carbocycles. The molecule has 2 N–H and O–H groups in total. The van der Waals surface area contributed by atoms with Gasteiger partial charge in [-0.3, -0.25) is 14.9 Å². The van der Waals surface area contributed by atoms with Crippen molar-refractivity contribution in [3.8, 4) is 0 Å². The van der Waals surface area contributed by atoms with Crippen molar-refractivity contribution in [3.05, 3.63) is 47.2 Å². The van der Waals surface area contributed by atoms with Crippen LogP contribution in [0.25, 0.3) is 0 Å². The molecule has 0 aliphatic carbocycles. The molecule has 0 saturated carbocycles. The molecule has 158 valence electrons. The van der Waals surface area contributed by atoms with Crippen LogP contribution in [0.4, 0.5) is 10.8 Å². The van der Waals surface area contributed by atoms with Gasteiger partial charge in [0.2, 0.25) is 11.0 Å². The summed E-state index contributed by atoms with van der Waals surface area (Å²) >= 11 is 2.77. The van der Waals surface area contributed by atoms with Gasteiger partial charge in [0, 0.05) is 37.1 Å². The smallest absolute Gasteiger partial charge is 0.257 e. The van der Waals surface area contributed by atoms with Crippen molar-refractivity contribution in [2.24, 2.45) is 7.05 Å². The number of anilines is 2. The van der Waals surface area contributed by atoms with E-state index in [9.17, 15) is 9.59 Å². The summed E-state index contributed by atoms with van der Waals surface area (Å²) in [4.78, 5) is 28.7. The summed E-state index contributed by atoms with van der Waals surface area (Å²) in [7, 11) is 1.88. The zero-order valence-electron chi connectivity index (χ0n) is 16.9. The number of aromatic nitrogens is 4. The second kappa shape index (κ2) is 10.9. The SMILES string of the molecule is CCCCCc1nnc(NC(=O)c2ccc(NC(=O)CSc3nccn3C)cc2)s1. The van der Waals surface area contributed by atoms with Crippen molar-refractivity contribution in [1.29, 1.82) is 0 Å². The minimum absolute atomic E-state index is 0.135. The number of nitrogens with one attached hydrogen (secondary N) is 2. The van der Waals surface area contributed by atoms with Crippen molar-refractivity contribution in [2.45, 2.75) is 37.8 Å². The number of hydrogen-bond acceptors (Lipinski definition) is 7. The van der Waals surface area contributed by atoms with Crippen molar-refractivity contribution >= 4 is 45.7 Å². The van der Waals surface area contributed by atoms with E-state index in [2.05, 4.69) is 32.7 Å². The molecule has 30 heavy (non-hydrogen) atoms. The molecule has 0 saturated heterocycles. The van der Waals surface area contributed by atoms with E-state index in [0.717, 1.165) is 35.8 Å². The molecule has 2 aromatic heterocycles. The molecular weight excluding hydrogens is 420 g/mol. The van der Waals surface area contributed by atoms with Gasteiger partial charge in [0.05, 0.1) is 5.75 Å². The monoisotopic (exact) mass is 444 g/mol. The van der Waals surface area contributed by atoms with Gasteiger partial charge in [0.15, 0.2) is 5.16 Å². The quantitative estimate of drug-likeness (QED) is 0.362. The lowest BCUT2D eigenvalue weighted by molar-refractivity contribution is -0.113. The number of rotatable bonds is 10. The van der Waals surface area contributed by atoms with Crippen LogP contribution in [0.15, 0.2) is 41.8 Å². The van der Waals surface area contributed by atoms with Crippen LogP contribution in [0.2, 0.25) is 0 Å². The topological polar surface area (TPSA) is 102 Å². The van der Waals surface area contributed by atoms with Gasteiger partial charge in [-0.1, -0.05) is 42.9 Å². The molecule has 2 amide bonds. The van der Waals surface area contributed by atoms with E-state index in [4.69, 9.17) is 0 Å². The Morgan fingerprint density at radius 2 is 1.93 bits per heavy atom. The first-order valence-corrected chi connectivity index (χ1v) is 11.5. The summed E-state index contributed by atoms with van der Waals surface area (Å²) in [6.45, 7) is 2.16. The Morgan fingerprint density at radius 1 is 1.13 bits per heavy atom. The Balaban J connectivity index is 1.48. The number of carbonyl (C=O) groups is 2. The van der Waals surface area contributed by atoms with Gasteiger partial charge in [-0.15, -0.1) is 10.2 Å². The molecular formula is C20H24N6O2S2. The fourth-order valence-electron chi connectivity index (χ4n) is 2.62. The Kier molecular flexibility index (Phi) is 7.97. The number of imidazole rings is 1. The highest BCUT2D eigenvalue weighted by Crippen LogP contribution is 2.19. The minimum Gasteiger partial charge on any atom is -0.329 e. The van der Waals surface area contributed by atoms with E-state index in [1.54, 1.807) is 30.5 Å². The molecule has 0 atom stereocenters. The summed E-state index contributed by atoms with van der Waals surface area (Å²) in [5.41, 5.74) is 1.12. The molecule has 0 aliphatic rings. The molecule has 8 nitrogen and oxygen atoms in total. The van der Waals surface area contributed by atoms with Crippen molar-refractivity contribution in [3.63, 3.8) is 0 Å². The Morgan fingerprint density at radius 3 is 2.63 bits per heavy atom. The number of amides is 2. The molecule has 0 aliphatic heterocycles. The highest BCUT2D eigenvalue weighted by atomic mass is 32.2. The van der Waals surface area contributed by atoms with Crippen LogP contribution in [-0.2, 0) is 18.3 Å². The number of benzene rings is 1. The van der Waals surface area contributed by atoms with E-state index >= 15 is 0 Å². The van der Waals surface area contributed by atoms with Gasteiger partial charge in [-0.05, 0) is 30.7 Å². The van der Waals surface area contributed by atoms with Crippen LogP contribution < -0.4 is 10.6 Å². The fraction of sp³-hybridized carbons (Fsp3) is 0.350. The molecule has 0 spiro atoms. The lowest BCUT2D eigenvalue weighted by Gasteiger charge is -2.06. The van der Waals surface area contributed by atoms with E-state index < -0.39 is 0 Å². The van der Waals surface area contributed by atoms with E-state index in [1.165, 1.54) is 23.1 Å². The number of carbonyl (C=O) groups excluding carboxylic acids is 2. The summed E-state index contributed by atoms with van der Waals surface area (Å²) < 4.78 is 1.86. The highest BCUT2D eigenvalue weighted by molar-refractivity contribution is 7.99.